The largest absolute Gasteiger partial charge is 0.456 e. The predicted molar refractivity (Wildman–Crippen MR) is 307 cm³/mol. The Kier molecular flexibility index (Phi) is 9.78. The Morgan fingerprint density at radius 1 is 0.240 bits per heavy atom. The average molecular weight is 959 g/mol. The Labute approximate surface area is 431 Å². The zero-order valence-electron chi connectivity index (χ0n) is 40.4. The third kappa shape index (κ3) is 7.30. The van der Waals surface area contributed by atoms with Gasteiger partial charge in [0.05, 0.1) is 22.1 Å². The number of aromatic nitrogens is 4. The first-order valence-corrected chi connectivity index (χ1v) is 25.2. The summed E-state index contributed by atoms with van der Waals surface area (Å²) >= 11 is 0. The molecule has 0 N–H and O–H groups in total. The molecule has 4 heterocycles. The fourth-order valence-corrected chi connectivity index (χ4v) is 11.0. The molecule has 6 heteroatoms. The summed E-state index contributed by atoms with van der Waals surface area (Å²) in [6.07, 6.45) is 0. The number of hydrogen-bond donors (Lipinski definition) is 0. The maximum Gasteiger partial charge on any atom is 0.164 e. The first-order chi connectivity index (χ1) is 37.1. The Bertz CT molecular complexity index is 4650. The van der Waals surface area contributed by atoms with Crippen molar-refractivity contribution in [2.24, 2.45) is 0 Å². The van der Waals surface area contributed by atoms with Crippen molar-refractivity contribution in [2.75, 3.05) is 0 Å². The summed E-state index contributed by atoms with van der Waals surface area (Å²) in [5.41, 5.74) is 18.5. The summed E-state index contributed by atoms with van der Waals surface area (Å²) in [6.45, 7) is 0. The highest BCUT2D eigenvalue weighted by Gasteiger charge is 2.20. The molecule has 0 spiro atoms. The van der Waals surface area contributed by atoms with Gasteiger partial charge >= 0.3 is 0 Å². The van der Waals surface area contributed by atoms with Gasteiger partial charge in [0.1, 0.15) is 22.3 Å². The molecule has 0 unspecified atom stereocenters. The van der Waals surface area contributed by atoms with E-state index in [1.165, 1.54) is 21.9 Å². The lowest BCUT2D eigenvalue weighted by atomic mass is 9.96. The number of hydrogen-bond acceptors (Lipinski definition) is 5. The molecule has 0 aliphatic rings. The Morgan fingerprint density at radius 2 is 0.693 bits per heavy atom. The van der Waals surface area contributed by atoms with Crippen molar-refractivity contribution >= 4 is 65.7 Å². The highest BCUT2D eigenvalue weighted by molar-refractivity contribution is 6.15. The quantitative estimate of drug-likeness (QED) is 0.152. The fourth-order valence-electron chi connectivity index (χ4n) is 11.0. The summed E-state index contributed by atoms with van der Waals surface area (Å²) in [6, 6.07) is 89.4. The van der Waals surface area contributed by atoms with E-state index in [9.17, 15) is 0 Å². The number of fused-ring (bicyclic) bond motifs is 9. The van der Waals surface area contributed by atoms with Gasteiger partial charge in [-0.25, -0.2) is 15.0 Å². The molecular weight excluding hydrogens is 917 g/mol. The van der Waals surface area contributed by atoms with Crippen LogP contribution in [0.3, 0.4) is 0 Å². The van der Waals surface area contributed by atoms with Gasteiger partial charge in [-0.1, -0.05) is 176 Å². The van der Waals surface area contributed by atoms with E-state index in [1.807, 2.05) is 60.7 Å². The molecule has 11 aromatic carbocycles. The number of nitrogens with zero attached hydrogens (tertiary/aromatic N) is 4. The molecule has 75 heavy (non-hydrogen) atoms. The minimum Gasteiger partial charge on any atom is -0.456 e. The lowest BCUT2D eigenvalue weighted by Crippen LogP contribution is -2.00. The van der Waals surface area contributed by atoms with E-state index in [-0.39, 0.29) is 0 Å². The maximum absolute atomic E-state index is 6.61. The molecule has 15 rings (SSSR count). The Hall–Kier alpha value is -10.2. The van der Waals surface area contributed by atoms with Crippen LogP contribution in [0.25, 0.3) is 150 Å². The van der Waals surface area contributed by atoms with Crippen LogP contribution < -0.4 is 0 Å². The minimum absolute atomic E-state index is 0.615. The van der Waals surface area contributed by atoms with Crippen LogP contribution in [0.2, 0.25) is 0 Å². The van der Waals surface area contributed by atoms with Gasteiger partial charge in [-0.3, -0.25) is 0 Å². The highest BCUT2D eigenvalue weighted by Crippen LogP contribution is 2.42. The molecule has 0 fully saturated rings. The van der Waals surface area contributed by atoms with Crippen molar-refractivity contribution < 1.29 is 8.83 Å². The van der Waals surface area contributed by atoms with Crippen molar-refractivity contribution in [1.29, 1.82) is 0 Å². The van der Waals surface area contributed by atoms with Gasteiger partial charge in [0.2, 0.25) is 0 Å². The molecule has 0 saturated heterocycles. The second kappa shape index (κ2) is 17.3. The third-order valence-electron chi connectivity index (χ3n) is 14.6. The molecule has 0 aliphatic heterocycles. The van der Waals surface area contributed by atoms with Crippen molar-refractivity contribution in [2.45, 2.75) is 0 Å². The SMILES string of the molecule is c1ccc(-c2ccc3c(c2)c2ccccc2n3-c2cccc3oc4ccc(-c5cccc(-c6ccc7oc8cc(-c9cccc(-c%10nc(-c%11ccccc%11)nc(-c%11ccccc%11)n%10)c9)ccc8c7c6)c5)cc4c23)cc1. The minimum atomic E-state index is 0.615. The van der Waals surface area contributed by atoms with Gasteiger partial charge in [0.25, 0.3) is 0 Å². The van der Waals surface area contributed by atoms with Crippen LogP contribution in [0.15, 0.2) is 264 Å². The molecule has 0 aliphatic carbocycles. The summed E-state index contributed by atoms with van der Waals surface area (Å²) in [5.74, 6) is 1.88. The van der Waals surface area contributed by atoms with E-state index in [0.29, 0.717) is 17.5 Å². The highest BCUT2D eigenvalue weighted by atomic mass is 16.3. The molecule has 0 saturated carbocycles. The summed E-state index contributed by atoms with van der Waals surface area (Å²) in [7, 11) is 0. The van der Waals surface area contributed by atoms with Crippen LogP contribution >= 0.6 is 0 Å². The average Bonchev–Trinajstić information content (AvgIpc) is 4.22. The molecule has 4 aromatic heterocycles. The van der Waals surface area contributed by atoms with E-state index in [0.717, 1.165) is 111 Å². The molecule has 0 amide bonds. The van der Waals surface area contributed by atoms with E-state index in [2.05, 4.69) is 199 Å². The van der Waals surface area contributed by atoms with Crippen LogP contribution in [-0.4, -0.2) is 19.5 Å². The van der Waals surface area contributed by atoms with Gasteiger partial charge in [0, 0.05) is 43.6 Å². The monoisotopic (exact) mass is 958 g/mol. The number of para-hydroxylation sites is 1. The normalized spacial score (nSPS) is 11.7. The van der Waals surface area contributed by atoms with Crippen LogP contribution in [0.5, 0.6) is 0 Å². The summed E-state index contributed by atoms with van der Waals surface area (Å²) in [4.78, 5) is 14.9. The van der Waals surface area contributed by atoms with Gasteiger partial charge in [0.15, 0.2) is 17.5 Å². The van der Waals surface area contributed by atoms with Crippen molar-refractivity contribution in [1.82, 2.24) is 19.5 Å². The number of rotatable bonds is 8. The molecule has 0 bridgehead atoms. The van der Waals surface area contributed by atoms with Gasteiger partial charge in [-0.05, 0) is 123 Å². The number of benzene rings is 11. The smallest absolute Gasteiger partial charge is 0.164 e. The second-order valence-electron chi connectivity index (χ2n) is 19.1. The van der Waals surface area contributed by atoms with Crippen LogP contribution in [0, 0.1) is 0 Å². The lowest BCUT2D eigenvalue weighted by molar-refractivity contribution is 0.668. The van der Waals surface area contributed by atoms with Gasteiger partial charge in [-0.15, -0.1) is 0 Å². The Balaban J connectivity index is 0.768. The first-order valence-electron chi connectivity index (χ1n) is 25.2. The molecular formula is C69H42N4O2. The van der Waals surface area contributed by atoms with Crippen LogP contribution in [0.1, 0.15) is 0 Å². The van der Waals surface area contributed by atoms with Gasteiger partial charge in [-0.2, -0.15) is 0 Å². The molecule has 0 radical (unpaired) electrons. The lowest BCUT2D eigenvalue weighted by Gasteiger charge is -2.10. The van der Waals surface area contributed by atoms with Crippen molar-refractivity contribution in [3.05, 3.63) is 255 Å². The summed E-state index contributed by atoms with van der Waals surface area (Å²) < 4.78 is 15.6. The third-order valence-corrected chi connectivity index (χ3v) is 14.6. The molecule has 350 valence electrons. The first kappa shape index (κ1) is 42.5. The Morgan fingerprint density at radius 3 is 1.39 bits per heavy atom. The molecule has 6 nitrogen and oxygen atoms in total. The molecule has 0 atom stereocenters. The van der Waals surface area contributed by atoms with E-state index in [1.54, 1.807) is 0 Å². The van der Waals surface area contributed by atoms with Crippen LogP contribution in [-0.2, 0) is 0 Å². The van der Waals surface area contributed by atoms with E-state index >= 15 is 0 Å². The van der Waals surface area contributed by atoms with Crippen molar-refractivity contribution in [3.63, 3.8) is 0 Å². The summed E-state index contributed by atoms with van der Waals surface area (Å²) in [5, 5.41) is 6.73. The van der Waals surface area contributed by atoms with Gasteiger partial charge < -0.3 is 13.4 Å². The number of furan rings is 2. The van der Waals surface area contributed by atoms with Crippen LogP contribution in [0.4, 0.5) is 0 Å². The topological polar surface area (TPSA) is 69.9 Å². The maximum atomic E-state index is 6.61. The molecule has 15 aromatic rings. The second-order valence-corrected chi connectivity index (χ2v) is 19.1. The van der Waals surface area contributed by atoms with Crippen molar-refractivity contribution in [3.8, 4) is 84.4 Å². The predicted octanol–water partition coefficient (Wildman–Crippen LogP) is 18.4. The standard InChI is InChI=1S/C69H42N4O2/c1-4-15-43(16-5-1)49-30-34-60-56(39-49)54-25-10-11-26-59(54)73(60)61-27-14-28-64-66(61)58-41-51(32-36-63(58)74-64)47-22-12-21-46(37-47)50-31-35-62-57(40-50)55-33-29-52(42-65(55)75-62)48-23-13-24-53(38-48)69-71-67(44-17-6-2-7-18-44)70-68(72-69)45-19-8-3-9-20-45/h1-42H. The van der Waals surface area contributed by atoms with E-state index < -0.39 is 0 Å². The van der Waals surface area contributed by atoms with E-state index in [4.69, 9.17) is 23.8 Å². The fraction of sp³-hybridized carbons (Fsp3) is 0. The zero-order chi connectivity index (χ0) is 49.4. The zero-order valence-corrected chi connectivity index (χ0v) is 40.4.